The van der Waals surface area contributed by atoms with E-state index in [1.54, 1.807) is 6.20 Å². The third-order valence-corrected chi connectivity index (χ3v) is 4.40. The van der Waals surface area contributed by atoms with E-state index in [9.17, 15) is 4.79 Å². The molecule has 4 rings (SSSR count). The lowest BCUT2D eigenvalue weighted by Gasteiger charge is -2.22. The SMILES string of the molecule is COC(=O)c1cnc2c(c1)-c1[nH]c3ccccc3c1C(C)C2. The molecule has 2 aromatic heterocycles. The molecule has 1 aliphatic carbocycles. The number of rotatable bonds is 1. The lowest BCUT2D eigenvalue weighted by atomic mass is 9.84. The summed E-state index contributed by atoms with van der Waals surface area (Å²) < 4.78 is 4.81. The normalized spacial score (nSPS) is 16.2. The van der Waals surface area contributed by atoms with E-state index < -0.39 is 0 Å². The molecule has 1 N–H and O–H groups in total. The molecule has 4 heteroatoms. The van der Waals surface area contributed by atoms with Gasteiger partial charge in [-0.25, -0.2) is 4.79 Å². The maximum atomic E-state index is 11.8. The number of para-hydroxylation sites is 1. The fourth-order valence-electron chi connectivity index (χ4n) is 3.38. The molecular weight excluding hydrogens is 276 g/mol. The van der Waals surface area contributed by atoms with E-state index >= 15 is 0 Å². The highest BCUT2D eigenvalue weighted by Gasteiger charge is 2.27. The topological polar surface area (TPSA) is 55.0 Å². The molecule has 110 valence electrons. The minimum Gasteiger partial charge on any atom is -0.465 e. The number of nitrogens with zero attached hydrogens (tertiary/aromatic N) is 1. The van der Waals surface area contributed by atoms with Crippen LogP contribution in [0.25, 0.3) is 22.2 Å². The highest BCUT2D eigenvalue weighted by atomic mass is 16.5. The van der Waals surface area contributed by atoms with Crippen molar-refractivity contribution < 1.29 is 9.53 Å². The predicted molar refractivity (Wildman–Crippen MR) is 85.0 cm³/mol. The number of fused-ring (bicyclic) bond motifs is 5. The van der Waals surface area contributed by atoms with Gasteiger partial charge in [-0.05, 0) is 30.0 Å². The van der Waals surface area contributed by atoms with Crippen LogP contribution in [0.1, 0.15) is 34.5 Å². The van der Waals surface area contributed by atoms with Crippen LogP contribution in [-0.2, 0) is 11.2 Å². The van der Waals surface area contributed by atoms with Crippen molar-refractivity contribution >= 4 is 16.9 Å². The van der Waals surface area contributed by atoms with Crippen molar-refractivity contribution in [3.8, 4) is 11.3 Å². The van der Waals surface area contributed by atoms with Crippen LogP contribution in [-0.4, -0.2) is 23.0 Å². The number of nitrogens with one attached hydrogen (secondary N) is 1. The van der Waals surface area contributed by atoms with Gasteiger partial charge in [0.05, 0.1) is 24.1 Å². The van der Waals surface area contributed by atoms with E-state index in [-0.39, 0.29) is 5.97 Å². The van der Waals surface area contributed by atoms with Gasteiger partial charge in [0, 0.05) is 22.7 Å². The summed E-state index contributed by atoms with van der Waals surface area (Å²) in [5.41, 5.74) is 6.03. The van der Waals surface area contributed by atoms with Gasteiger partial charge in [0.25, 0.3) is 0 Å². The van der Waals surface area contributed by atoms with Gasteiger partial charge < -0.3 is 9.72 Å². The molecule has 0 spiro atoms. The predicted octanol–water partition coefficient (Wildman–Crippen LogP) is 3.68. The molecule has 0 amide bonds. The summed E-state index contributed by atoms with van der Waals surface area (Å²) in [7, 11) is 1.39. The molecule has 1 unspecified atom stereocenters. The number of aromatic amines is 1. The van der Waals surface area contributed by atoms with Crippen molar-refractivity contribution in [1.29, 1.82) is 0 Å². The lowest BCUT2D eigenvalue weighted by Crippen LogP contribution is -2.11. The van der Waals surface area contributed by atoms with Gasteiger partial charge in [-0.15, -0.1) is 0 Å². The molecular formula is C18H16N2O2. The number of H-pyrrole nitrogens is 1. The Hall–Kier alpha value is -2.62. The monoisotopic (exact) mass is 292 g/mol. The summed E-state index contributed by atoms with van der Waals surface area (Å²) in [6.45, 7) is 2.22. The maximum Gasteiger partial charge on any atom is 0.339 e. The van der Waals surface area contributed by atoms with Crippen LogP contribution in [0, 0.1) is 0 Å². The second-order valence-electron chi connectivity index (χ2n) is 5.77. The number of esters is 1. The Morgan fingerprint density at radius 2 is 2.18 bits per heavy atom. The number of carbonyl (C=O) groups excluding carboxylic acids is 1. The zero-order valence-electron chi connectivity index (χ0n) is 12.5. The summed E-state index contributed by atoms with van der Waals surface area (Å²) in [4.78, 5) is 19.8. The number of methoxy groups -OCH3 is 1. The number of aromatic nitrogens is 2. The second-order valence-corrected chi connectivity index (χ2v) is 5.77. The molecule has 0 aliphatic heterocycles. The zero-order chi connectivity index (χ0) is 15.3. The molecule has 0 radical (unpaired) electrons. The van der Waals surface area contributed by atoms with Gasteiger partial charge in [0.1, 0.15) is 0 Å². The van der Waals surface area contributed by atoms with Gasteiger partial charge in [-0.3, -0.25) is 4.98 Å². The van der Waals surface area contributed by atoms with E-state index in [2.05, 4.69) is 35.1 Å². The average Bonchev–Trinajstić information content (AvgIpc) is 2.94. The van der Waals surface area contributed by atoms with Gasteiger partial charge in [0.2, 0.25) is 0 Å². The molecule has 4 nitrogen and oxygen atoms in total. The highest BCUT2D eigenvalue weighted by molar-refractivity contribution is 5.95. The Kier molecular flexibility index (Phi) is 2.79. The first-order valence-corrected chi connectivity index (χ1v) is 7.37. The number of hydrogen-bond donors (Lipinski definition) is 1. The van der Waals surface area contributed by atoms with E-state index in [1.165, 1.54) is 18.1 Å². The molecule has 0 bridgehead atoms. The van der Waals surface area contributed by atoms with Crippen molar-refractivity contribution in [3.63, 3.8) is 0 Å². The van der Waals surface area contributed by atoms with Crippen LogP contribution in [0.5, 0.6) is 0 Å². The molecule has 22 heavy (non-hydrogen) atoms. The molecule has 3 aromatic rings. The first kappa shape index (κ1) is 13.1. The van der Waals surface area contributed by atoms with E-state index in [1.807, 2.05) is 12.1 Å². The second kappa shape index (κ2) is 4.70. The van der Waals surface area contributed by atoms with Crippen LogP contribution < -0.4 is 0 Å². The summed E-state index contributed by atoms with van der Waals surface area (Å²) in [6.07, 6.45) is 2.48. The highest BCUT2D eigenvalue weighted by Crippen LogP contribution is 2.42. The quantitative estimate of drug-likeness (QED) is 0.696. The third-order valence-electron chi connectivity index (χ3n) is 4.40. The number of hydrogen-bond acceptors (Lipinski definition) is 3. The fourth-order valence-corrected chi connectivity index (χ4v) is 3.38. The fraction of sp³-hybridized carbons (Fsp3) is 0.222. The minimum atomic E-state index is -0.355. The number of benzene rings is 1. The van der Waals surface area contributed by atoms with Gasteiger partial charge in [-0.1, -0.05) is 25.1 Å². The maximum absolute atomic E-state index is 11.8. The largest absolute Gasteiger partial charge is 0.465 e. The van der Waals surface area contributed by atoms with Crippen LogP contribution >= 0.6 is 0 Å². The van der Waals surface area contributed by atoms with Crippen molar-refractivity contribution in [1.82, 2.24) is 9.97 Å². The average molecular weight is 292 g/mol. The zero-order valence-corrected chi connectivity index (χ0v) is 12.5. The third kappa shape index (κ3) is 1.77. The summed E-state index contributed by atoms with van der Waals surface area (Å²) in [5, 5.41) is 1.25. The van der Waals surface area contributed by atoms with Crippen LogP contribution in [0.15, 0.2) is 36.5 Å². The van der Waals surface area contributed by atoms with Crippen LogP contribution in [0.3, 0.4) is 0 Å². The smallest absolute Gasteiger partial charge is 0.339 e. The molecule has 1 aromatic carbocycles. The molecule has 0 saturated heterocycles. The standard InChI is InChI=1S/C18H16N2O2/c1-10-7-15-13(8-11(9-19-15)18(21)22-2)17-16(10)12-5-3-4-6-14(12)20-17/h3-6,8-10,20H,7H2,1-2H3. The Morgan fingerprint density at radius 1 is 1.36 bits per heavy atom. The Labute approximate surface area is 128 Å². The minimum absolute atomic E-state index is 0.355. The summed E-state index contributed by atoms with van der Waals surface area (Å²) in [5.74, 6) is 0.0432. The molecule has 0 saturated carbocycles. The number of pyridine rings is 1. The van der Waals surface area contributed by atoms with E-state index in [4.69, 9.17) is 4.74 Å². The molecule has 1 aliphatic rings. The van der Waals surface area contributed by atoms with Crippen molar-refractivity contribution in [3.05, 3.63) is 53.3 Å². The molecule has 1 atom stereocenters. The Morgan fingerprint density at radius 3 is 3.00 bits per heavy atom. The van der Waals surface area contributed by atoms with Gasteiger partial charge in [0.15, 0.2) is 0 Å². The first-order chi connectivity index (χ1) is 10.7. The van der Waals surface area contributed by atoms with Crippen LogP contribution in [0.4, 0.5) is 0 Å². The van der Waals surface area contributed by atoms with Gasteiger partial charge in [-0.2, -0.15) is 0 Å². The molecule has 0 fully saturated rings. The van der Waals surface area contributed by atoms with E-state index in [0.29, 0.717) is 11.5 Å². The summed E-state index contributed by atoms with van der Waals surface area (Å²) >= 11 is 0. The van der Waals surface area contributed by atoms with Gasteiger partial charge >= 0.3 is 5.97 Å². The summed E-state index contributed by atoms with van der Waals surface area (Å²) in [6, 6.07) is 10.2. The van der Waals surface area contributed by atoms with Crippen molar-refractivity contribution in [2.75, 3.05) is 7.11 Å². The molecule has 2 heterocycles. The lowest BCUT2D eigenvalue weighted by molar-refractivity contribution is 0.0600. The van der Waals surface area contributed by atoms with E-state index in [0.717, 1.165) is 28.9 Å². The first-order valence-electron chi connectivity index (χ1n) is 7.37. The van der Waals surface area contributed by atoms with Crippen molar-refractivity contribution in [2.45, 2.75) is 19.3 Å². The van der Waals surface area contributed by atoms with Crippen LogP contribution in [0.2, 0.25) is 0 Å². The number of ether oxygens (including phenoxy) is 1. The number of carbonyl (C=O) groups is 1. The Bertz CT molecular complexity index is 895. The Balaban J connectivity index is 1.99. The van der Waals surface area contributed by atoms with Crippen molar-refractivity contribution in [2.24, 2.45) is 0 Å².